The Balaban J connectivity index is 0.00000225. The summed E-state index contributed by atoms with van der Waals surface area (Å²) in [5.41, 5.74) is 2.93. The fourth-order valence-corrected chi connectivity index (χ4v) is 3.09. The maximum Gasteiger partial charge on any atom is 0.113 e. The fraction of sp³-hybridized carbons (Fsp3) is 0.368. The molecule has 0 saturated carbocycles. The Morgan fingerprint density at radius 1 is 0.800 bits per heavy atom. The van der Waals surface area contributed by atoms with Gasteiger partial charge in [0.25, 0.3) is 0 Å². The number of rotatable bonds is 4. The van der Waals surface area contributed by atoms with Crippen LogP contribution in [0.25, 0.3) is 0 Å². The molecule has 1 aliphatic rings. The normalized spacial score (nSPS) is 29.0. The second-order valence-corrected chi connectivity index (χ2v) is 6.16. The van der Waals surface area contributed by atoms with Gasteiger partial charge in [-0.05, 0) is 23.1 Å². The van der Waals surface area contributed by atoms with Gasteiger partial charge < -0.3 is 25.2 Å². The number of aliphatic hydroxyl groups excluding tert-OH is 4. The third-order valence-corrected chi connectivity index (χ3v) is 4.42. The molecule has 0 unspecified atom stereocenters. The zero-order chi connectivity index (χ0) is 17.1. The number of ether oxygens (including phenoxy) is 1. The van der Waals surface area contributed by atoms with Gasteiger partial charge in [-0.25, -0.2) is 0 Å². The summed E-state index contributed by atoms with van der Waals surface area (Å²) in [6, 6.07) is 17.6. The van der Waals surface area contributed by atoms with Crippen molar-refractivity contribution in [1.29, 1.82) is 0 Å². The van der Waals surface area contributed by atoms with E-state index in [1.807, 2.05) is 48.5 Å². The van der Waals surface area contributed by atoms with Crippen LogP contribution >= 0.6 is 0 Å². The molecular weight excluding hydrogens is 397 g/mol. The molecule has 1 fully saturated rings. The van der Waals surface area contributed by atoms with Gasteiger partial charge in [-0.1, -0.05) is 54.6 Å². The van der Waals surface area contributed by atoms with Crippen LogP contribution in [0.15, 0.2) is 54.6 Å². The number of hydrogen-bond acceptors (Lipinski definition) is 5. The number of hydrogen-bond donors (Lipinski definition) is 4. The first-order valence-electron chi connectivity index (χ1n) is 8.03. The molecule has 1 aliphatic heterocycles. The van der Waals surface area contributed by atoms with E-state index in [2.05, 4.69) is 0 Å². The van der Waals surface area contributed by atoms with Gasteiger partial charge in [0.05, 0.1) is 6.61 Å². The Bertz CT molecular complexity index is 664. The van der Waals surface area contributed by atoms with Crippen molar-refractivity contribution in [2.75, 3.05) is 6.61 Å². The second-order valence-electron chi connectivity index (χ2n) is 6.16. The molecule has 5 nitrogen and oxygen atoms in total. The molecular formula is C19H22O5Y. The second kappa shape index (κ2) is 9.33. The van der Waals surface area contributed by atoms with E-state index in [4.69, 9.17) is 4.74 Å². The summed E-state index contributed by atoms with van der Waals surface area (Å²) in [5.74, 6) is 0. The summed E-state index contributed by atoms with van der Waals surface area (Å²) in [6.07, 6.45) is -4.91. The monoisotopic (exact) mass is 419 g/mol. The van der Waals surface area contributed by atoms with Gasteiger partial charge >= 0.3 is 0 Å². The summed E-state index contributed by atoms with van der Waals surface area (Å²) >= 11 is 0. The third-order valence-electron chi connectivity index (χ3n) is 4.42. The predicted molar refractivity (Wildman–Crippen MR) is 88.4 cm³/mol. The van der Waals surface area contributed by atoms with Crippen LogP contribution in [0.2, 0.25) is 0 Å². The van der Waals surface area contributed by atoms with Crippen molar-refractivity contribution in [1.82, 2.24) is 0 Å². The molecule has 1 radical (unpaired) electrons. The Kier molecular flexibility index (Phi) is 7.71. The molecule has 6 heteroatoms. The van der Waals surface area contributed by atoms with Gasteiger partial charge in [0, 0.05) is 32.7 Å². The van der Waals surface area contributed by atoms with Crippen LogP contribution < -0.4 is 0 Å². The topological polar surface area (TPSA) is 90.2 Å². The van der Waals surface area contributed by atoms with Gasteiger partial charge in [0.2, 0.25) is 0 Å². The summed E-state index contributed by atoms with van der Waals surface area (Å²) in [6.45, 7) is -0.425. The van der Waals surface area contributed by atoms with E-state index in [9.17, 15) is 20.4 Å². The van der Waals surface area contributed by atoms with Gasteiger partial charge in [-0.15, -0.1) is 0 Å². The molecule has 2 aromatic carbocycles. The number of aliphatic hydroxyl groups is 4. The molecule has 25 heavy (non-hydrogen) atoms. The molecule has 131 valence electrons. The molecule has 1 heterocycles. The largest absolute Gasteiger partial charge is 0.394 e. The third kappa shape index (κ3) is 4.74. The van der Waals surface area contributed by atoms with Crippen molar-refractivity contribution in [3.63, 3.8) is 0 Å². The van der Waals surface area contributed by atoms with Gasteiger partial charge in [-0.2, -0.15) is 0 Å². The molecule has 0 aliphatic carbocycles. The zero-order valence-corrected chi connectivity index (χ0v) is 16.6. The average Bonchev–Trinajstić information content (AvgIpc) is 2.61. The van der Waals surface area contributed by atoms with Crippen molar-refractivity contribution < 1.29 is 57.9 Å². The summed E-state index contributed by atoms with van der Waals surface area (Å²) in [7, 11) is 0. The molecule has 0 bridgehead atoms. The average molecular weight is 419 g/mol. The summed E-state index contributed by atoms with van der Waals surface area (Å²) in [4.78, 5) is 0. The maximum absolute atomic E-state index is 10.2. The quantitative estimate of drug-likeness (QED) is 0.589. The van der Waals surface area contributed by atoms with Crippen LogP contribution in [0.3, 0.4) is 0 Å². The fourth-order valence-electron chi connectivity index (χ4n) is 3.09. The summed E-state index contributed by atoms with van der Waals surface area (Å²) in [5, 5.41) is 39.4. The molecule has 0 amide bonds. The van der Waals surface area contributed by atoms with E-state index < -0.39 is 37.1 Å². The van der Waals surface area contributed by atoms with Crippen molar-refractivity contribution in [3.8, 4) is 0 Å². The first-order valence-corrected chi connectivity index (χ1v) is 8.03. The van der Waals surface area contributed by atoms with Gasteiger partial charge in [0.1, 0.15) is 30.5 Å². The van der Waals surface area contributed by atoms with Crippen LogP contribution in [0.5, 0.6) is 0 Å². The number of benzene rings is 2. The van der Waals surface area contributed by atoms with Crippen molar-refractivity contribution >= 4 is 0 Å². The molecule has 0 aromatic heterocycles. The predicted octanol–water partition coefficient (Wildman–Crippen LogP) is 0.790. The van der Waals surface area contributed by atoms with E-state index in [0.717, 1.165) is 12.0 Å². The van der Waals surface area contributed by atoms with Crippen LogP contribution in [-0.4, -0.2) is 51.4 Å². The first-order chi connectivity index (χ1) is 11.6. The Hall–Kier alpha value is -0.656. The van der Waals surface area contributed by atoms with Crippen molar-refractivity contribution in [2.24, 2.45) is 0 Å². The molecule has 4 N–H and O–H groups in total. The minimum absolute atomic E-state index is 0. The summed E-state index contributed by atoms with van der Waals surface area (Å²) < 4.78 is 5.61. The molecule has 0 spiro atoms. The minimum atomic E-state index is -1.36. The maximum atomic E-state index is 10.2. The molecule has 1 saturated heterocycles. The van der Waals surface area contributed by atoms with Gasteiger partial charge in [0.15, 0.2) is 0 Å². The molecule has 2 aromatic rings. The van der Waals surface area contributed by atoms with Crippen LogP contribution in [0.1, 0.15) is 22.8 Å². The SMILES string of the molecule is OC[C@H]1O[C@@H](c2cccc(Cc3ccccc3)c2)[C@H](O)[C@@H](O)[C@@H]1O.[Y]. The van der Waals surface area contributed by atoms with E-state index in [-0.39, 0.29) is 32.7 Å². The Labute approximate surface area is 172 Å². The smallest absolute Gasteiger partial charge is 0.113 e. The van der Waals surface area contributed by atoms with E-state index >= 15 is 0 Å². The van der Waals surface area contributed by atoms with Crippen LogP contribution in [0, 0.1) is 0 Å². The zero-order valence-electron chi connectivity index (χ0n) is 13.8. The Morgan fingerprint density at radius 3 is 2.16 bits per heavy atom. The van der Waals surface area contributed by atoms with Crippen LogP contribution in [-0.2, 0) is 43.9 Å². The molecule has 3 rings (SSSR count). The Morgan fingerprint density at radius 2 is 1.48 bits per heavy atom. The van der Waals surface area contributed by atoms with E-state index in [1.165, 1.54) is 5.56 Å². The standard InChI is InChI=1S/C19H22O5.Y/c20-11-15-16(21)17(22)18(23)19(24-15)14-8-4-7-13(10-14)9-12-5-2-1-3-6-12;/h1-8,10,15-23H,9,11H2;/t15-,16-,17+,18-,19+;/m1./s1. The first kappa shape index (κ1) is 20.7. The molecule has 5 atom stereocenters. The van der Waals surface area contributed by atoms with Crippen molar-refractivity contribution in [2.45, 2.75) is 36.9 Å². The van der Waals surface area contributed by atoms with Crippen LogP contribution in [0.4, 0.5) is 0 Å². The van der Waals surface area contributed by atoms with Crippen molar-refractivity contribution in [3.05, 3.63) is 71.3 Å². The van der Waals surface area contributed by atoms with E-state index in [1.54, 1.807) is 6.07 Å². The minimum Gasteiger partial charge on any atom is -0.394 e. The van der Waals surface area contributed by atoms with Gasteiger partial charge in [-0.3, -0.25) is 0 Å². The van der Waals surface area contributed by atoms with E-state index in [0.29, 0.717) is 5.56 Å².